The van der Waals surface area contributed by atoms with Crippen molar-refractivity contribution in [2.75, 3.05) is 17.4 Å². The highest BCUT2D eigenvalue weighted by atomic mass is 35.5. The zero-order chi connectivity index (χ0) is 28.6. The van der Waals surface area contributed by atoms with Gasteiger partial charge in [0.1, 0.15) is 18.4 Å². The summed E-state index contributed by atoms with van der Waals surface area (Å²) in [5, 5.41) is 2.93. The van der Waals surface area contributed by atoms with Crippen molar-refractivity contribution in [2.24, 2.45) is 0 Å². The summed E-state index contributed by atoms with van der Waals surface area (Å²) in [6, 6.07) is 17.5. The molecule has 0 saturated heterocycles. The molecule has 1 atom stereocenters. The molecule has 0 aromatic heterocycles. The highest BCUT2D eigenvalue weighted by Gasteiger charge is 2.33. The van der Waals surface area contributed by atoms with Gasteiger partial charge in [0.15, 0.2) is 0 Å². The van der Waals surface area contributed by atoms with Gasteiger partial charge in [-0.15, -0.1) is 0 Å². The van der Waals surface area contributed by atoms with Crippen LogP contribution in [0.2, 0.25) is 5.02 Å². The molecule has 2 amide bonds. The number of aryl methyl sites for hydroxylation is 1. The topological polar surface area (TPSA) is 86.8 Å². The Bertz CT molecular complexity index is 1400. The third kappa shape index (κ3) is 7.58. The van der Waals surface area contributed by atoms with Crippen molar-refractivity contribution in [3.8, 4) is 0 Å². The summed E-state index contributed by atoms with van der Waals surface area (Å²) in [4.78, 5) is 28.0. The van der Waals surface area contributed by atoms with Gasteiger partial charge in [0.05, 0.1) is 15.6 Å². The lowest BCUT2D eigenvalue weighted by atomic mass is 10.1. The van der Waals surface area contributed by atoms with Crippen molar-refractivity contribution in [3.05, 3.63) is 94.8 Å². The second-order valence-corrected chi connectivity index (χ2v) is 11.5. The van der Waals surface area contributed by atoms with Gasteiger partial charge in [0, 0.05) is 18.7 Å². The molecule has 10 heteroatoms. The first-order valence-corrected chi connectivity index (χ1v) is 14.5. The number of nitrogens with one attached hydrogen (secondary N) is 1. The summed E-state index contributed by atoms with van der Waals surface area (Å²) in [6.07, 6.45) is 1.63. The fraction of sp³-hybridized carbons (Fsp3) is 0.310. The molecule has 3 aromatic carbocycles. The average Bonchev–Trinajstić information content (AvgIpc) is 2.91. The molecule has 3 rings (SSSR count). The number of hydrogen-bond acceptors (Lipinski definition) is 4. The molecule has 0 saturated carbocycles. The van der Waals surface area contributed by atoms with E-state index in [9.17, 15) is 22.4 Å². The number of para-hydroxylation sites is 1. The summed E-state index contributed by atoms with van der Waals surface area (Å²) in [5.41, 5.74) is 1.18. The molecule has 1 unspecified atom stereocenters. The number of hydrogen-bond donors (Lipinski definition) is 1. The quantitative estimate of drug-likeness (QED) is 0.297. The largest absolute Gasteiger partial charge is 0.354 e. The van der Waals surface area contributed by atoms with Crippen molar-refractivity contribution >= 4 is 39.1 Å². The molecule has 0 aliphatic heterocycles. The second kappa shape index (κ2) is 13.6. The second-order valence-electron chi connectivity index (χ2n) is 9.21. The number of benzene rings is 3. The molecular formula is C29H33ClFN3O4S. The van der Waals surface area contributed by atoms with E-state index in [2.05, 4.69) is 5.32 Å². The van der Waals surface area contributed by atoms with Crippen LogP contribution in [0.1, 0.15) is 37.8 Å². The maximum absolute atomic E-state index is 14.6. The first-order valence-electron chi connectivity index (χ1n) is 12.7. The molecule has 0 bridgehead atoms. The van der Waals surface area contributed by atoms with Gasteiger partial charge in [0.25, 0.3) is 10.0 Å². The van der Waals surface area contributed by atoms with Crippen molar-refractivity contribution < 1.29 is 22.4 Å². The third-order valence-electron chi connectivity index (χ3n) is 6.30. The highest BCUT2D eigenvalue weighted by Crippen LogP contribution is 2.31. The number of halogens is 2. The van der Waals surface area contributed by atoms with Gasteiger partial charge in [-0.25, -0.2) is 12.8 Å². The van der Waals surface area contributed by atoms with Crippen LogP contribution in [-0.4, -0.2) is 44.3 Å². The Labute approximate surface area is 234 Å². The lowest BCUT2D eigenvalue weighted by Gasteiger charge is -2.32. The minimum Gasteiger partial charge on any atom is -0.354 e. The number of rotatable bonds is 12. The van der Waals surface area contributed by atoms with Crippen LogP contribution >= 0.6 is 11.6 Å². The Morgan fingerprint density at radius 2 is 1.64 bits per heavy atom. The zero-order valence-electron chi connectivity index (χ0n) is 22.2. The summed E-state index contributed by atoms with van der Waals surface area (Å²) < 4.78 is 43.1. The van der Waals surface area contributed by atoms with Crippen molar-refractivity contribution in [2.45, 2.75) is 51.1 Å². The van der Waals surface area contributed by atoms with E-state index in [1.54, 1.807) is 30.3 Å². The molecule has 0 aliphatic rings. The van der Waals surface area contributed by atoms with Gasteiger partial charge < -0.3 is 10.2 Å². The number of carbonyl (C=O) groups excluding carboxylic acids is 2. The minimum absolute atomic E-state index is 0.0215. The van der Waals surface area contributed by atoms with Gasteiger partial charge in [-0.1, -0.05) is 73.0 Å². The van der Waals surface area contributed by atoms with E-state index in [1.165, 1.54) is 54.3 Å². The normalized spacial score (nSPS) is 12.0. The van der Waals surface area contributed by atoms with Crippen molar-refractivity contribution in [3.63, 3.8) is 0 Å². The molecule has 0 aliphatic carbocycles. The van der Waals surface area contributed by atoms with Gasteiger partial charge in [-0.05, 0) is 50.6 Å². The van der Waals surface area contributed by atoms with Crippen molar-refractivity contribution in [1.82, 2.24) is 10.2 Å². The number of nitrogens with zero attached hydrogens (tertiary/aromatic N) is 2. The Kier molecular flexibility index (Phi) is 10.5. The van der Waals surface area contributed by atoms with E-state index in [0.717, 1.165) is 22.7 Å². The monoisotopic (exact) mass is 573 g/mol. The van der Waals surface area contributed by atoms with E-state index in [1.807, 2.05) is 13.8 Å². The van der Waals surface area contributed by atoms with E-state index in [4.69, 9.17) is 11.6 Å². The van der Waals surface area contributed by atoms with Gasteiger partial charge in [-0.2, -0.15) is 0 Å². The zero-order valence-corrected chi connectivity index (χ0v) is 23.8. The Morgan fingerprint density at radius 1 is 1.00 bits per heavy atom. The van der Waals surface area contributed by atoms with E-state index in [0.29, 0.717) is 6.54 Å². The van der Waals surface area contributed by atoms with Crippen LogP contribution in [-0.2, 0) is 26.2 Å². The Hall–Kier alpha value is -3.43. The molecule has 7 nitrogen and oxygen atoms in total. The first-order chi connectivity index (χ1) is 18.6. The van der Waals surface area contributed by atoms with Crippen LogP contribution in [0.25, 0.3) is 0 Å². The van der Waals surface area contributed by atoms with Gasteiger partial charge >= 0.3 is 0 Å². The molecule has 3 aromatic rings. The number of unbranched alkanes of at least 4 members (excludes halogenated alkanes) is 1. The summed E-state index contributed by atoms with van der Waals surface area (Å²) in [6.45, 7) is 4.90. The predicted octanol–water partition coefficient (Wildman–Crippen LogP) is 5.32. The van der Waals surface area contributed by atoms with Gasteiger partial charge in [-0.3, -0.25) is 13.9 Å². The fourth-order valence-electron chi connectivity index (χ4n) is 3.93. The van der Waals surface area contributed by atoms with Gasteiger partial charge in [0.2, 0.25) is 11.8 Å². The standard InChI is InChI=1S/C29H33ClFN3O4S/c1-4-5-18-32-29(36)22(3)33(19-23-10-6-8-12-26(23)31)28(35)20-34(27-13-9-7-11-25(27)30)39(37,38)24-16-14-21(2)15-17-24/h6-17,22H,4-5,18-20H2,1-3H3,(H,32,36). The maximum atomic E-state index is 14.6. The minimum atomic E-state index is -4.24. The maximum Gasteiger partial charge on any atom is 0.264 e. The lowest BCUT2D eigenvalue weighted by Crippen LogP contribution is -2.51. The first kappa shape index (κ1) is 30.1. The Morgan fingerprint density at radius 3 is 2.28 bits per heavy atom. The van der Waals surface area contributed by atoms with E-state index < -0.39 is 40.2 Å². The third-order valence-corrected chi connectivity index (χ3v) is 8.40. The average molecular weight is 574 g/mol. The summed E-state index contributed by atoms with van der Waals surface area (Å²) in [5.74, 6) is -1.64. The number of anilines is 1. The predicted molar refractivity (Wildman–Crippen MR) is 151 cm³/mol. The highest BCUT2D eigenvalue weighted by molar-refractivity contribution is 7.92. The number of sulfonamides is 1. The van der Waals surface area contributed by atoms with Crippen LogP contribution in [0.4, 0.5) is 10.1 Å². The molecule has 208 valence electrons. The Balaban J connectivity index is 2.02. The molecular weight excluding hydrogens is 541 g/mol. The summed E-state index contributed by atoms with van der Waals surface area (Å²) >= 11 is 6.39. The van der Waals surface area contributed by atoms with Crippen molar-refractivity contribution in [1.29, 1.82) is 0 Å². The molecule has 0 spiro atoms. The number of amides is 2. The van der Waals surface area contributed by atoms with Crippen LogP contribution in [0, 0.1) is 12.7 Å². The number of carbonyl (C=O) groups is 2. The fourth-order valence-corrected chi connectivity index (χ4v) is 5.65. The molecule has 1 N–H and O–H groups in total. The molecule has 0 heterocycles. The molecule has 39 heavy (non-hydrogen) atoms. The smallest absolute Gasteiger partial charge is 0.264 e. The lowest BCUT2D eigenvalue weighted by molar-refractivity contribution is -0.139. The van der Waals surface area contributed by atoms with E-state index in [-0.39, 0.29) is 27.7 Å². The van der Waals surface area contributed by atoms with E-state index >= 15 is 0 Å². The van der Waals surface area contributed by atoms with Crippen LogP contribution in [0.15, 0.2) is 77.7 Å². The van der Waals surface area contributed by atoms with Crippen LogP contribution < -0.4 is 9.62 Å². The van der Waals surface area contributed by atoms with Crippen LogP contribution in [0.5, 0.6) is 0 Å². The van der Waals surface area contributed by atoms with Crippen LogP contribution in [0.3, 0.4) is 0 Å². The molecule has 0 fully saturated rings. The summed E-state index contributed by atoms with van der Waals surface area (Å²) in [7, 11) is -4.24. The molecule has 0 radical (unpaired) electrons. The SMILES string of the molecule is CCCCNC(=O)C(C)N(Cc1ccccc1F)C(=O)CN(c1ccccc1Cl)S(=O)(=O)c1ccc(C)cc1.